The van der Waals surface area contributed by atoms with E-state index < -0.39 is 0 Å². The Hall–Kier alpha value is -2.27. The zero-order chi connectivity index (χ0) is 13.4. The first kappa shape index (κ1) is 11.8. The largest absolute Gasteiger partial charge is 0.331 e. The molecule has 0 saturated carbocycles. The van der Waals surface area contributed by atoms with Gasteiger partial charge < -0.3 is 10.3 Å². The third-order valence-electron chi connectivity index (χ3n) is 3.45. The summed E-state index contributed by atoms with van der Waals surface area (Å²) in [5, 5.41) is 7.83. The van der Waals surface area contributed by atoms with Gasteiger partial charge in [0.2, 0.25) is 0 Å². The molecular weight excluding hydrogens is 238 g/mol. The molecule has 2 heterocycles. The van der Waals surface area contributed by atoms with E-state index in [-0.39, 0.29) is 0 Å². The van der Waals surface area contributed by atoms with E-state index in [1.807, 2.05) is 26.1 Å². The van der Waals surface area contributed by atoms with E-state index in [0.29, 0.717) is 6.54 Å². The molecule has 0 aliphatic rings. The first-order valence-corrected chi connectivity index (χ1v) is 6.14. The Balaban J connectivity index is 2.23. The molecule has 0 fully saturated rings. The zero-order valence-corrected chi connectivity index (χ0v) is 11.0. The van der Waals surface area contributed by atoms with Crippen LogP contribution in [-0.4, -0.2) is 19.7 Å². The molecule has 1 aromatic carbocycles. The van der Waals surface area contributed by atoms with Crippen molar-refractivity contribution in [2.24, 2.45) is 12.8 Å². The molecule has 0 bridgehead atoms. The maximum absolute atomic E-state index is 5.75. The number of hydrogen-bond donors (Lipinski definition) is 1. The molecule has 3 rings (SSSR count). The Labute approximate surface area is 111 Å². The molecule has 0 atom stereocenters. The fourth-order valence-electron chi connectivity index (χ4n) is 2.25. The van der Waals surface area contributed by atoms with Crippen LogP contribution in [0, 0.1) is 6.92 Å². The van der Waals surface area contributed by atoms with Gasteiger partial charge in [-0.2, -0.15) is 10.2 Å². The lowest BCUT2D eigenvalue weighted by Crippen LogP contribution is -2.01. The second-order valence-corrected chi connectivity index (χ2v) is 4.55. The molecule has 0 aliphatic carbocycles. The number of nitrogens with two attached hydrogens (primary N) is 1. The highest BCUT2D eigenvalue weighted by atomic mass is 15.1. The highest BCUT2D eigenvalue weighted by molar-refractivity contribution is 5.83. The van der Waals surface area contributed by atoms with Gasteiger partial charge in [0.15, 0.2) is 0 Å². The maximum atomic E-state index is 5.75. The van der Waals surface area contributed by atoms with Gasteiger partial charge in [0, 0.05) is 19.2 Å². The summed E-state index contributed by atoms with van der Waals surface area (Å²) >= 11 is 0. The summed E-state index contributed by atoms with van der Waals surface area (Å²) in [7, 11) is 2.02. The average molecular weight is 253 g/mol. The van der Waals surface area contributed by atoms with Crippen LogP contribution in [-0.2, 0) is 13.6 Å². The molecule has 5 heteroatoms. The fraction of sp³-hybridized carbons (Fsp3) is 0.214. The summed E-state index contributed by atoms with van der Waals surface area (Å²) in [6.45, 7) is 2.45. The zero-order valence-electron chi connectivity index (χ0n) is 11.0. The third kappa shape index (κ3) is 1.88. The molecule has 2 aromatic heterocycles. The molecule has 96 valence electrons. The predicted octanol–water partition coefficient (Wildman–Crippen LogP) is 1.80. The van der Waals surface area contributed by atoms with Crippen molar-refractivity contribution in [3.05, 3.63) is 42.0 Å². The van der Waals surface area contributed by atoms with Crippen LogP contribution in [0.25, 0.3) is 22.2 Å². The lowest BCUT2D eigenvalue weighted by Gasteiger charge is -2.07. The van der Waals surface area contributed by atoms with E-state index in [1.165, 1.54) is 0 Å². The van der Waals surface area contributed by atoms with Crippen LogP contribution in [0.5, 0.6) is 0 Å². The standard InChI is InChI=1S/C14H15N5/c1-9-18-13-4-3-10(5-14(13)19(9)2)12-8-17-16-7-11(12)6-15/h3-5,7-8H,6,15H2,1-2H3. The molecule has 19 heavy (non-hydrogen) atoms. The fourth-order valence-corrected chi connectivity index (χ4v) is 2.25. The van der Waals surface area contributed by atoms with Gasteiger partial charge >= 0.3 is 0 Å². The van der Waals surface area contributed by atoms with Crippen molar-refractivity contribution >= 4 is 11.0 Å². The van der Waals surface area contributed by atoms with Gasteiger partial charge in [0.05, 0.1) is 23.4 Å². The van der Waals surface area contributed by atoms with E-state index in [4.69, 9.17) is 5.73 Å². The van der Waals surface area contributed by atoms with Gasteiger partial charge in [-0.25, -0.2) is 4.98 Å². The number of fused-ring (bicyclic) bond motifs is 1. The Morgan fingerprint density at radius 2 is 2.00 bits per heavy atom. The van der Waals surface area contributed by atoms with Crippen LogP contribution in [0.4, 0.5) is 0 Å². The van der Waals surface area contributed by atoms with Gasteiger partial charge in [-0.15, -0.1) is 0 Å². The number of nitrogens with zero attached hydrogens (tertiary/aromatic N) is 4. The summed E-state index contributed by atoms with van der Waals surface area (Å²) in [5.41, 5.74) is 11.0. The quantitative estimate of drug-likeness (QED) is 0.756. The minimum Gasteiger partial charge on any atom is -0.331 e. The van der Waals surface area contributed by atoms with Crippen molar-refractivity contribution in [2.75, 3.05) is 0 Å². The number of rotatable bonds is 2. The first-order valence-electron chi connectivity index (χ1n) is 6.14. The Kier molecular flexibility index (Phi) is 2.76. The molecule has 5 nitrogen and oxygen atoms in total. The molecule has 0 spiro atoms. The third-order valence-corrected chi connectivity index (χ3v) is 3.45. The first-order chi connectivity index (χ1) is 9.20. The van der Waals surface area contributed by atoms with E-state index in [0.717, 1.165) is 33.5 Å². The van der Waals surface area contributed by atoms with Crippen molar-refractivity contribution in [2.45, 2.75) is 13.5 Å². The van der Waals surface area contributed by atoms with Crippen molar-refractivity contribution in [1.29, 1.82) is 0 Å². The highest BCUT2D eigenvalue weighted by Crippen LogP contribution is 2.26. The molecule has 2 N–H and O–H groups in total. The molecule has 0 amide bonds. The van der Waals surface area contributed by atoms with Crippen LogP contribution in [0.2, 0.25) is 0 Å². The summed E-state index contributed by atoms with van der Waals surface area (Å²) in [6, 6.07) is 6.19. The SMILES string of the molecule is Cc1nc2ccc(-c3cnncc3CN)cc2n1C. The number of benzene rings is 1. The number of aromatic nitrogens is 4. The van der Waals surface area contributed by atoms with Gasteiger partial charge in [-0.1, -0.05) is 6.07 Å². The van der Waals surface area contributed by atoms with Crippen molar-refractivity contribution in [3.63, 3.8) is 0 Å². The molecule has 0 radical (unpaired) electrons. The molecular formula is C14H15N5. The van der Waals surface area contributed by atoms with E-state index >= 15 is 0 Å². The van der Waals surface area contributed by atoms with Gasteiger partial charge in [0.1, 0.15) is 5.82 Å². The summed E-state index contributed by atoms with van der Waals surface area (Å²) < 4.78 is 2.08. The summed E-state index contributed by atoms with van der Waals surface area (Å²) in [6.07, 6.45) is 3.47. The minimum absolute atomic E-state index is 0.452. The average Bonchev–Trinajstić information content (AvgIpc) is 2.74. The van der Waals surface area contributed by atoms with Crippen molar-refractivity contribution in [3.8, 4) is 11.1 Å². The molecule has 3 aromatic rings. The molecule has 0 unspecified atom stereocenters. The van der Waals surface area contributed by atoms with Gasteiger partial charge in [-0.3, -0.25) is 0 Å². The number of hydrogen-bond acceptors (Lipinski definition) is 4. The Morgan fingerprint density at radius 1 is 1.21 bits per heavy atom. The second kappa shape index (κ2) is 4.44. The van der Waals surface area contributed by atoms with E-state index in [2.05, 4.69) is 25.8 Å². The summed E-state index contributed by atoms with van der Waals surface area (Å²) in [4.78, 5) is 4.50. The number of imidazole rings is 1. The lowest BCUT2D eigenvalue weighted by molar-refractivity contribution is 0.886. The maximum Gasteiger partial charge on any atom is 0.106 e. The van der Waals surface area contributed by atoms with Crippen LogP contribution in [0.3, 0.4) is 0 Å². The lowest BCUT2D eigenvalue weighted by atomic mass is 10.0. The van der Waals surface area contributed by atoms with Gasteiger partial charge in [0.25, 0.3) is 0 Å². The van der Waals surface area contributed by atoms with Gasteiger partial charge in [-0.05, 0) is 30.2 Å². The summed E-state index contributed by atoms with van der Waals surface area (Å²) in [5.74, 6) is 0.999. The van der Waals surface area contributed by atoms with Crippen molar-refractivity contribution < 1.29 is 0 Å². The highest BCUT2D eigenvalue weighted by Gasteiger charge is 2.09. The van der Waals surface area contributed by atoms with Crippen LogP contribution >= 0.6 is 0 Å². The molecule has 0 aliphatic heterocycles. The Bertz CT molecular complexity index is 745. The Morgan fingerprint density at radius 3 is 2.79 bits per heavy atom. The van der Waals surface area contributed by atoms with Crippen LogP contribution in [0.1, 0.15) is 11.4 Å². The van der Waals surface area contributed by atoms with Crippen LogP contribution < -0.4 is 5.73 Å². The normalized spacial score (nSPS) is 11.1. The van der Waals surface area contributed by atoms with E-state index in [9.17, 15) is 0 Å². The minimum atomic E-state index is 0.452. The monoisotopic (exact) mass is 253 g/mol. The molecule has 0 saturated heterocycles. The predicted molar refractivity (Wildman–Crippen MR) is 74.4 cm³/mol. The van der Waals surface area contributed by atoms with Crippen LogP contribution in [0.15, 0.2) is 30.6 Å². The number of aryl methyl sites for hydroxylation is 2. The smallest absolute Gasteiger partial charge is 0.106 e. The second-order valence-electron chi connectivity index (χ2n) is 4.55. The van der Waals surface area contributed by atoms with Crippen molar-refractivity contribution in [1.82, 2.24) is 19.7 Å². The van der Waals surface area contributed by atoms with E-state index in [1.54, 1.807) is 12.4 Å². The topological polar surface area (TPSA) is 69.6 Å².